The lowest BCUT2D eigenvalue weighted by Crippen LogP contribution is -2.31. The monoisotopic (exact) mass is 313 g/mol. The molecule has 1 atom stereocenters. The molecule has 1 aromatic carbocycles. The highest BCUT2D eigenvalue weighted by Crippen LogP contribution is 2.26. The van der Waals surface area contributed by atoms with Crippen molar-refractivity contribution in [2.24, 2.45) is 0 Å². The molecule has 23 heavy (non-hydrogen) atoms. The molecule has 1 aliphatic heterocycles. The van der Waals surface area contributed by atoms with Gasteiger partial charge in [0.2, 0.25) is 5.91 Å². The van der Waals surface area contributed by atoms with E-state index >= 15 is 0 Å². The van der Waals surface area contributed by atoms with Crippen LogP contribution in [0.1, 0.15) is 31.0 Å². The molecule has 1 aliphatic rings. The molecule has 2 heterocycles. The molecule has 7 nitrogen and oxygen atoms in total. The minimum atomic E-state index is -0.289. The van der Waals surface area contributed by atoms with Crippen molar-refractivity contribution in [3.8, 4) is 0 Å². The zero-order valence-corrected chi connectivity index (χ0v) is 13.1. The van der Waals surface area contributed by atoms with E-state index in [0.717, 1.165) is 23.4 Å². The van der Waals surface area contributed by atoms with Crippen molar-refractivity contribution in [1.82, 2.24) is 15.1 Å². The first-order valence-corrected chi connectivity index (χ1v) is 7.58. The summed E-state index contributed by atoms with van der Waals surface area (Å²) in [6.07, 6.45) is 3.77. The average Bonchev–Trinajstić information content (AvgIpc) is 3.11. The highest BCUT2D eigenvalue weighted by atomic mass is 16.2. The third kappa shape index (κ3) is 3.33. The number of carbonyl (C=O) groups is 2. The molecule has 0 saturated heterocycles. The Labute approximate surface area is 134 Å². The first-order valence-electron chi connectivity index (χ1n) is 7.58. The summed E-state index contributed by atoms with van der Waals surface area (Å²) in [4.78, 5) is 23.4. The molecule has 0 spiro atoms. The third-order valence-electron chi connectivity index (χ3n) is 3.82. The summed E-state index contributed by atoms with van der Waals surface area (Å²) in [5.41, 5.74) is 3.42. The molecule has 0 aliphatic carbocycles. The fourth-order valence-corrected chi connectivity index (χ4v) is 2.57. The number of fused-ring (bicyclic) bond motifs is 1. The number of amides is 3. The van der Waals surface area contributed by atoms with E-state index in [1.807, 2.05) is 32.0 Å². The number of benzene rings is 1. The number of anilines is 2. The highest BCUT2D eigenvalue weighted by molar-refractivity contribution is 5.99. The van der Waals surface area contributed by atoms with Gasteiger partial charge in [-0.3, -0.25) is 9.48 Å². The van der Waals surface area contributed by atoms with Crippen LogP contribution in [-0.4, -0.2) is 21.7 Å². The molecular formula is C16H19N5O2. The van der Waals surface area contributed by atoms with Crippen molar-refractivity contribution in [2.75, 3.05) is 10.6 Å². The Morgan fingerprint density at radius 2 is 2.30 bits per heavy atom. The molecule has 3 N–H and O–H groups in total. The van der Waals surface area contributed by atoms with Gasteiger partial charge in [-0.2, -0.15) is 5.10 Å². The number of nitrogens with zero attached hydrogens (tertiary/aromatic N) is 2. The Bertz CT molecular complexity index is 753. The van der Waals surface area contributed by atoms with Crippen LogP contribution >= 0.6 is 0 Å². The number of aryl methyl sites for hydroxylation is 1. The smallest absolute Gasteiger partial charge is 0.319 e. The summed E-state index contributed by atoms with van der Waals surface area (Å²) in [6.45, 7) is 4.63. The second-order valence-electron chi connectivity index (χ2n) is 5.55. The number of hydrogen-bond acceptors (Lipinski definition) is 3. The van der Waals surface area contributed by atoms with Crippen molar-refractivity contribution >= 4 is 23.3 Å². The average molecular weight is 313 g/mol. The molecule has 2 aromatic rings. The van der Waals surface area contributed by atoms with Gasteiger partial charge in [0, 0.05) is 18.4 Å². The minimum absolute atomic E-state index is 0.00319. The van der Waals surface area contributed by atoms with Crippen LogP contribution in [0.25, 0.3) is 0 Å². The molecule has 0 fully saturated rings. The second kappa shape index (κ2) is 6.12. The van der Waals surface area contributed by atoms with Crippen LogP contribution in [0.15, 0.2) is 30.6 Å². The van der Waals surface area contributed by atoms with Crippen LogP contribution in [0, 0.1) is 0 Å². The van der Waals surface area contributed by atoms with E-state index in [4.69, 9.17) is 0 Å². The van der Waals surface area contributed by atoms with Crippen LogP contribution in [0.5, 0.6) is 0 Å². The Hall–Kier alpha value is -2.83. The van der Waals surface area contributed by atoms with Crippen LogP contribution in [-0.2, 0) is 17.8 Å². The van der Waals surface area contributed by atoms with Gasteiger partial charge in [0.25, 0.3) is 0 Å². The largest absolute Gasteiger partial charge is 0.331 e. The molecule has 1 aromatic heterocycles. The lowest BCUT2D eigenvalue weighted by atomic mass is 10.0. The summed E-state index contributed by atoms with van der Waals surface area (Å²) in [7, 11) is 0. The van der Waals surface area contributed by atoms with E-state index in [1.54, 1.807) is 17.1 Å². The van der Waals surface area contributed by atoms with Gasteiger partial charge in [0.15, 0.2) is 0 Å². The fourth-order valence-electron chi connectivity index (χ4n) is 2.57. The lowest BCUT2D eigenvalue weighted by molar-refractivity contribution is -0.115. The van der Waals surface area contributed by atoms with Crippen LogP contribution in [0.2, 0.25) is 0 Å². The van der Waals surface area contributed by atoms with Crippen molar-refractivity contribution in [1.29, 1.82) is 0 Å². The van der Waals surface area contributed by atoms with E-state index < -0.39 is 0 Å². The molecule has 3 amide bonds. The maximum Gasteiger partial charge on any atom is 0.319 e. The molecule has 7 heteroatoms. The van der Waals surface area contributed by atoms with Crippen LogP contribution in [0.4, 0.5) is 16.2 Å². The Morgan fingerprint density at radius 1 is 1.48 bits per heavy atom. The minimum Gasteiger partial charge on any atom is -0.331 e. The van der Waals surface area contributed by atoms with Gasteiger partial charge in [-0.05, 0) is 31.0 Å². The predicted octanol–water partition coefficient (Wildman–Crippen LogP) is 2.28. The number of carbonyl (C=O) groups excluding carboxylic acids is 2. The van der Waals surface area contributed by atoms with E-state index in [9.17, 15) is 9.59 Å². The SMILES string of the molecule is CCn1cc(NC(=O)N[C@H](C)c2ccc3c(c2)CC(=O)N3)cn1. The van der Waals surface area contributed by atoms with Gasteiger partial charge in [0.1, 0.15) is 0 Å². The summed E-state index contributed by atoms with van der Waals surface area (Å²) >= 11 is 0. The maximum atomic E-state index is 12.1. The van der Waals surface area contributed by atoms with Gasteiger partial charge < -0.3 is 16.0 Å². The molecule has 120 valence electrons. The number of rotatable bonds is 4. The number of nitrogens with one attached hydrogen (secondary N) is 3. The lowest BCUT2D eigenvalue weighted by Gasteiger charge is -2.15. The number of aromatic nitrogens is 2. The quantitative estimate of drug-likeness (QED) is 0.809. The fraction of sp³-hybridized carbons (Fsp3) is 0.312. The summed E-state index contributed by atoms with van der Waals surface area (Å²) < 4.78 is 1.74. The first-order chi connectivity index (χ1) is 11.0. The zero-order valence-electron chi connectivity index (χ0n) is 13.1. The summed E-state index contributed by atoms with van der Waals surface area (Å²) in [5.74, 6) is 0.00319. The van der Waals surface area contributed by atoms with E-state index in [-0.39, 0.29) is 18.0 Å². The number of hydrogen-bond donors (Lipinski definition) is 3. The summed E-state index contributed by atoms with van der Waals surface area (Å²) in [6, 6.07) is 5.27. The first kappa shape index (κ1) is 15.1. The van der Waals surface area contributed by atoms with Crippen molar-refractivity contribution in [3.63, 3.8) is 0 Å². The molecule has 0 radical (unpaired) electrons. The zero-order chi connectivity index (χ0) is 16.4. The predicted molar refractivity (Wildman–Crippen MR) is 87.2 cm³/mol. The highest BCUT2D eigenvalue weighted by Gasteiger charge is 2.19. The normalized spacial score (nSPS) is 14.1. The van der Waals surface area contributed by atoms with E-state index in [1.165, 1.54) is 0 Å². The number of urea groups is 1. The van der Waals surface area contributed by atoms with Crippen LogP contribution < -0.4 is 16.0 Å². The van der Waals surface area contributed by atoms with Gasteiger partial charge in [-0.25, -0.2) is 4.79 Å². The Kier molecular flexibility index (Phi) is 4.01. The maximum absolute atomic E-state index is 12.1. The standard InChI is InChI=1S/C16H19N5O2/c1-3-21-9-13(8-17-21)19-16(23)18-10(2)11-4-5-14-12(6-11)7-15(22)20-14/h4-6,8-10H,3,7H2,1-2H3,(H,20,22)(H2,18,19,23)/t10-/m1/s1. The molecule has 0 bridgehead atoms. The van der Waals surface area contributed by atoms with Gasteiger partial charge >= 0.3 is 6.03 Å². The molecule has 0 unspecified atom stereocenters. The van der Waals surface area contributed by atoms with Gasteiger partial charge in [-0.1, -0.05) is 12.1 Å². The van der Waals surface area contributed by atoms with Crippen LogP contribution in [0.3, 0.4) is 0 Å². The molecule has 0 saturated carbocycles. The second-order valence-corrected chi connectivity index (χ2v) is 5.55. The topological polar surface area (TPSA) is 88.0 Å². The van der Waals surface area contributed by atoms with E-state index in [2.05, 4.69) is 21.0 Å². The van der Waals surface area contributed by atoms with Crippen molar-refractivity contribution in [2.45, 2.75) is 32.9 Å². The van der Waals surface area contributed by atoms with E-state index in [0.29, 0.717) is 12.1 Å². The third-order valence-corrected chi connectivity index (χ3v) is 3.82. The Morgan fingerprint density at radius 3 is 3.04 bits per heavy atom. The summed E-state index contributed by atoms with van der Waals surface area (Å²) in [5, 5.41) is 12.5. The van der Waals surface area contributed by atoms with Gasteiger partial charge in [-0.15, -0.1) is 0 Å². The van der Waals surface area contributed by atoms with Crippen molar-refractivity contribution < 1.29 is 9.59 Å². The molecule has 3 rings (SSSR count). The Balaban J connectivity index is 1.62. The molecular weight excluding hydrogens is 294 g/mol. The van der Waals surface area contributed by atoms with Gasteiger partial charge in [0.05, 0.1) is 24.3 Å². The van der Waals surface area contributed by atoms with Crippen molar-refractivity contribution in [3.05, 3.63) is 41.7 Å².